The molecule has 2 aromatic carbocycles. The molecule has 88 valence electrons. The second-order valence-corrected chi connectivity index (χ2v) is 4.86. The average Bonchev–Trinajstić information content (AvgIpc) is 2.38. The monoisotopic (exact) mass is 273 g/mol. The number of fused-ring (bicyclic) bond motifs is 1. The molecule has 18 heavy (non-hydrogen) atoms. The van der Waals surface area contributed by atoms with Gasteiger partial charge in [0, 0.05) is 16.0 Å². The molecule has 1 heterocycles. The Balaban J connectivity index is 2.19. The predicted molar refractivity (Wildman–Crippen MR) is 77.2 cm³/mol. The summed E-state index contributed by atoms with van der Waals surface area (Å²) >= 11 is 12.1. The Kier molecular flexibility index (Phi) is 2.94. The Labute approximate surface area is 115 Å². The highest BCUT2D eigenvalue weighted by Gasteiger charge is 2.06. The van der Waals surface area contributed by atoms with Crippen molar-refractivity contribution < 1.29 is 0 Å². The highest BCUT2D eigenvalue weighted by atomic mass is 35.5. The fourth-order valence-corrected chi connectivity index (χ4v) is 2.42. The number of nitrogens with zero attached hydrogens (tertiary/aromatic N) is 1. The number of hydrogen-bond acceptors (Lipinski definition) is 1. The highest BCUT2D eigenvalue weighted by molar-refractivity contribution is 6.36. The van der Waals surface area contributed by atoms with Gasteiger partial charge < -0.3 is 0 Å². The van der Waals surface area contributed by atoms with Crippen LogP contribution in [0.2, 0.25) is 10.0 Å². The third-order valence-electron chi connectivity index (χ3n) is 2.81. The summed E-state index contributed by atoms with van der Waals surface area (Å²) in [5, 5.41) is 2.36. The Morgan fingerprint density at radius 1 is 0.833 bits per heavy atom. The van der Waals surface area contributed by atoms with Gasteiger partial charge >= 0.3 is 0 Å². The van der Waals surface area contributed by atoms with Gasteiger partial charge in [0.05, 0.1) is 16.2 Å². The highest BCUT2D eigenvalue weighted by Crippen LogP contribution is 2.30. The van der Waals surface area contributed by atoms with E-state index in [1.54, 1.807) is 6.07 Å². The number of pyridine rings is 1. The molecule has 0 N–H and O–H groups in total. The Morgan fingerprint density at radius 2 is 1.67 bits per heavy atom. The second-order valence-electron chi connectivity index (χ2n) is 4.01. The van der Waals surface area contributed by atoms with Crippen molar-refractivity contribution in [1.29, 1.82) is 0 Å². The van der Waals surface area contributed by atoms with Crippen LogP contribution < -0.4 is 0 Å². The van der Waals surface area contributed by atoms with Gasteiger partial charge in [-0.15, -0.1) is 0 Å². The van der Waals surface area contributed by atoms with Gasteiger partial charge in [-0.25, -0.2) is 4.98 Å². The van der Waals surface area contributed by atoms with Crippen LogP contribution in [0.1, 0.15) is 0 Å². The van der Waals surface area contributed by atoms with Crippen molar-refractivity contribution in [3.8, 4) is 11.3 Å². The van der Waals surface area contributed by atoms with Crippen LogP contribution in [0.3, 0.4) is 0 Å². The Bertz CT molecular complexity index is 723. The Morgan fingerprint density at radius 3 is 2.50 bits per heavy atom. The summed E-state index contributed by atoms with van der Waals surface area (Å²) < 4.78 is 0. The van der Waals surface area contributed by atoms with E-state index in [1.165, 1.54) is 0 Å². The van der Waals surface area contributed by atoms with E-state index in [2.05, 4.69) is 4.98 Å². The molecule has 0 fully saturated rings. The number of aromatic nitrogens is 1. The maximum Gasteiger partial charge on any atom is 0.0724 e. The van der Waals surface area contributed by atoms with Crippen LogP contribution in [0, 0.1) is 0 Å². The van der Waals surface area contributed by atoms with Gasteiger partial charge in [0.15, 0.2) is 0 Å². The zero-order valence-electron chi connectivity index (χ0n) is 9.40. The van der Waals surface area contributed by atoms with Crippen molar-refractivity contribution in [2.75, 3.05) is 0 Å². The zero-order chi connectivity index (χ0) is 12.5. The topological polar surface area (TPSA) is 12.9 Å². The van der Waals surface area contributed by atoms with E-state index < -0.39 is 0 Å². The van der Waals surface area contributed by atoms with E-state index in [1.807, 2.05) is 48.5 Å². The molecule has 3 aromatic rings. The summed E-state index contributed by atoms with van der Waals surface area (Å²) in [7, 11) is 0. The predicted octanol–water partition coefficient (Wildman–Crippen LogP) is 5.21. The molecule has 0 saturated carbocycles. The molecule has 0 saturated heterocycles. The van der Waals surface area contributed by atoms with Gasteiger partial charge in [-0.3, -0.25) is 0 Å². The van der Waals surface area contributed by atoms with Gasteiger partial charge in [-0.1, -0.05) is 47.5 Å². The largest absolute Gasteiger partial charge is 0.248 e. The van der Waals surface area contributed by atoms with Crippen LogP contribution in [-0.4, -0.2) is 4.98 Å². The first kappa shape index (κ1) is 11.5. The molecule has 0 bridgehead atoms. The van der Waals surface area contributed by atoms with Crippen LogP contribution in [-0.2, 0) is 0 Å². The Hall–Kier alpha value is -1.57. The minimum atomic E-state index is 0.616. The summed E-state index contributed by atoms with van der Waals surface area (Å²) in [5.41, 5.74) is 2.71. The lowest BCUT2D eigenvalue weighted by Gasteiger charge is -2.05. The molecule has 3 heteroatoms. The van der Waals surface area contributed by atoms with Gasteiger partial charge in [0.2, 0.25) is 0 Å². The number of benzene rings is 2. The van der Waals surface area contributed by atoms with E-state index >= 15 is 0 Å². The van der Waals surface area contributed by atoms with E-state index in [0.29, 0.717) is 10.0 Å². The summed E-state index contributed by atoms with van der Waals surface area (Å²) in [6.07, 6.45) is 0. The molecule has 0 aliphatic heterocycles. The molecular formula is C15H9Cl2N. The fourth-order valence-electron chi connectivity index (χ4n) is 1.91. The quantitative estimate of drug-likeness (QED) is 0.593. The molecular weight excluding hydrogens is 265 g/mol. The van der Waals surface area contributed by atoms with Crippen molar-refractivity contribution >= 4 is 34.1 Å². The molecule has 1 nitrogen and oxygen atoms in total. The van der Waals surface area contributed by atoms with Crippen LogP contribution in [0.4, 0.5) is 0 Å². The molecule has 0 aliphatic carbocycles. The second kappa shape index (κ2) is 4.60. The van der Waals surface area contributed by atoms with Gasteiger partial charge in [0.1, 0.15) is 0 Å². The number of rotatable bonds is 1. The van der Waals surface area contributed by atoms with Crippen molar-refractivity contribution in [1.82, 2.24) is 4.98 Å². The van der Waals surface area contributed by atoms with Gasteiger partial charge in [-0.2, -0.15) is 0 Å². The van der Waals surface area contributed by atoms with E-state index in [4.69, 9.17) is 23.2 Å². The zero-order valence-corrected chi connectivity index (χ0v) is 10.9. The first-order chi connectivity index (χ1) is 8.74. The molecule has 0 unspecified atom stereocenters. The van der Waals surface area contributed by atoms with Crippen LogP contribution in [0.15, 0.2) is 54.6 Å². The lowest BCUT2D eigenvalue weighted by atomic mass is 10.1. The van der Waals surface area contributed by atoms with Gasteiger partial charge in [0.25, 0.3) is 0 Å². The maximum absolute atomic E-state index is 6.19. The van der Waals surface area contributed by atoms with E-state index in [9.17, 15) is 0 Å². The summed E-state index contributed by atoms with van der Waals surface area (Å²) in [6.45, 7) is 0. The third kappa shape index (κ3) is 2.07. The SMILES string of the molecule is Clc1ccc(-c2ccc3ccccc3n2)c(Cl)c1. The van der Waals surface area contributed by atoms with Crippen LogP contribution in [0.25, 0.3) is 22.2 Å². The third-order valence-corrected chi connectivity index (χ3v) is 3.35. The van der Waals surface area contributed by atoms with Gasteiger partial charge in [-0.05, 0) is 30.3 Å². The normalized spacial score (nSPS) is 10.8. The van der Waals surface area contributed by atoms with E-state index in [-0.39, 0.29) is 0 Å². The molecule has 0 spiro atoms. The molecule has 0 aliphatic rings. The van der Waals surface area contributed by atoms with Crippen molar-refractivity contribution in [3.63, 3.8) is 0 Å². The minimum absolute atomic E-state index is 0.616. The standard InChI is InChI=1S/C15H9Cl2N/c16-11-6-7-12(13(17)9-11)15-8-5-10-3-1-2-4-14(10)18-15/h1-9H. The summed E-state index contributed by atoms with van der Waals surface area (Å²) in [4.78, 5) is 4.61. The summed E-state index contributed by atoms with van der Waals surface area (Å²) in [6, 6.07) is 17.5. The maximum atomic E-state index is 6.19. The number of para-hydroxylation sites is 1. The van der Waals surface area contributed by atoms with E-state index in [0.717, 1.165) is 22.2 Å². The summed E-state index contributed by atoms with van der Waals surface area (Å²) in [5.74, 6) is 0. The first-order valence-corrected chi connectivity index (χ1v) is 6.31. The molecule has 0 amide bonds. The lowest BCUT2D eigenvalue weighted by Crippen LogP contribution is -1.86. The number of hydrogen-bond donors (Lipinski definition) is 0. The average molecular weight is 274 g/mol. The lowest BCUT2D eigenvalue weighted by molar-refractivity contribution is 1.40. The molecule has 0 atom stereocenters. The van der Waals surface area contributed by atoms with Crippen LogP contribution in [0.5, 0.6) is 0 Å². The molecule has 3 rings (SSSR count). The van der Waals surface area contributed by atoms with Crippen molar-refractivity contribution in [2.24, 2.45) is 0 Å². The van der Waals surface area contributed by atoms with Crippen molar-refractivity contribution in [2.45, 2.75) is 0 Å². The minimum Gasteiger partial charge on any atom is -0.248 e. The molecule has 0 radical (unpaired) electrons. The molecule has 1 aromatic heterocycles. The first-order valence-electron chi connectivity index (χ1n) is 5.55. The smallest absolute Gasteiger partial charge is 0.0724 e. The number of halogens is 2. The fraction of sp³-hybridized carbons (Fsp3) is 0. The van der Waals surface area contributed by atoms with Crippen LogP contribution >= 0.6 is 23.2 Å². The van der Waals surface area contributed by atoms with Crippen molar-refractivity contribution in [3.05, 3.63) is 64.6 Å².